The lowest BCUT2D eigenvalue weighted by molar-refractivity contribution is 0.0948. The normalized spacial score (nSPS) is 10.7. The molecule has 0 bridgehead atoms. The number of ether oxygens (including phenoxy) is 1. The summed E-state index contributed by atoms with van der Waals surface area (Å²) in [5.74, 6) is -1.83. The van der Waals surface area contributed by atoms with Crippen molar-refractivity contribution in [1.29, 1.82) is 0 Å². The zero-order valence-electron chi connectivity index (χ0n) is 17.1. The molecule has 1 aromatic heterocycles. The smallest absolute Gasteiger partial charge is 0.293 e. The summed E-state index contributed by atoms with van der Waals surface area (Å²) < 4.78 is 33.5. The predicted molar refractivity (Wildman–Crippen MR) is 112 cm³/mol. The molecule has 0 atom stereocenters. The van der Waals surface area contributed by atoms with Crippen LogP contribution in [0, 0.1) is 18.6 Å². The van der Waals surface area contributed by atoms with E-state index in [1.807, 2.05) is 0 Å². The van der Waals surface area contributed by atoms with E-state index in [2.05, 4.69) is 5.32 Å². The van der Waals surface area contributed by atoms with E-state index in [0.29, 0.717) is 29.0 Å². The van der Waals surface area contributed by atoms with Crippen molar-refractivity contribution in [2.24, 2.45) is 7.05 Å². The molecule has 0 radical (unpaired) electrons. The highest BCUT2D eigenvalue weighted by Crippen LogP contribution is 2.24. The molecule has 0 spiro atoms. The van der Waals surface area contributed by atoms with Gasteiger partial charge in [0.25, 0.3) is 11.5 Å². The van der Waals surface area contributed by atoms with Gasteiger partial charge in [0.1, 0.15) is 17.4 Å². The van der Waals surface area contributed by atoms with Crippen molar-refractivity contribution < 1.29 is 23.4 Å². The summed E-state index contributed by atoms with van der Waals surface area (Å²) in [6, 6.07) is 11.3. The molecule has 0 saturated heterocycles. The van der Waals surface area contributed by atoms with Gasteiger partial charge in [-0.1, -0.05) is 6.07 Å². The number of nitrogens with zero attached hydrogens (tertiary/aromatic N) is 1. The molecule has 0 unspecified atom stereocenters. The molecule has 0 saturated carbocycles. The number of carbonyl (C=O) groups is 1. The molecule has 162 valence electrons. The van der Waals surface area contributed by atoms with Gasteiger partial charge in [-0.2, -0.15) is 0 Å². The van der Waals surface area contributed by atoms with Crippen LogP contribution in [0.4, 0.5) is 8.78 Å². The van der Waals surface area contributed by atoms with Crippen LogP contribution in [0.3, 0.4) is 0 Å². The van der Waals surface area contributed by atoms with E-state index in [0.717, 1.165) is 4.57 Å². The Bertz CT molecular complexity index is 1150. The number of rotatable bonds is 7. The van der Waals surface area contributed by atoms with Gasteiger partial charge in [0.05, 0.1) is 17.9 Å². The lowest BCUT2D eigenvalue weighted by Crippen LogP contribution is -2.29. The first kappa shape index (κ1) is 22.0. The Labute approximate surface area is 177 Å². The Hall–Kier alpha value is -3.68. The fourth-order valence-electron chi connectivity index (χ4n) is 3.14. The van der Waals surface area contributed by atoms with Crippen molar-refractivity contribution in [3.8, 4) is 22.8 Å². The van der Waals surface area contributed by atoms with Gasteiger partial charge in [-0.05, 0) is 55.3 Å². The van der Waals surface area contributed by atoms with Gasteiger partial charge in [0.15, 0.2) is 5.75 Å². The van der Waals surface area contributed by atoms with E-state index in [1.54, 1.807) is 19.1 Å². The lowest BCUT2D eigenvalue weighted by atomic mass is 10.0. The Morgan fingerprint density at radius 3 is 2.61 bits per heavy atom. The second-order valence-corrected chi connectivity index (χ2v) is 7.09. The maximum absolute atomic E-state index is 13.8. The monoisotopic (exact) mass is 428 g/mol. The third-order valence-electron chi connectivity index (χ3n) is 4.66. The van der Waals surface area contributed by atoms with Crippen LogP contribution in [-0.4, -0.2) is 28.7 Å². The number of halogens is 2. The summed E-state index contributed by atoms with van der Waals surface area (Å²) in [5.41, 5.74) is 0.393. The van der Waals surface area contributed by atoms with E-state index in [-0.39, 0.29) is 18.7 Å². The van der Waals surface area contributed by atoms with Gasteiger partial charge >= 0.3 is 0 Å². The first-order valence-electron chi connectivity index (χ1n) is 9.63. The minimum atomic E-state index is -0.765. The maximum atomic E-state index is 13.8. The number of carbonyl (C=O) groups excluding carboxylic acids is 1. The molecule has 2 aromatic carbocycles. The molecule has 0 aliphatic carbocycles. The van der Waals surface area contributed by atoms with Gasteiger partial charge in [-0.3, -0.25) is 9.59 Å². The molecule has 31 heavy (non-hydrogen) atoms. The number of pyridine rings is 1. The molecule has 8 heteroatoms. The van der Waals surface area contributed by atoms with Gasteiger partial charge < -0.3 is 19.7 Å². The van der Waals surface area contributed by atoms with Gasteiger partial charge in [0.2, 0.25) is 0 Å². The second kappa shape index (κ2) is 9.42. The van der Waals surface area contributed by atoms with Crippen LogP contribution in [0.1, 0.15) is 22.3 Å². The van der Waals surface area contributed by atoms with Crippen molar-refractivity contribution in [3.63, 3.8) is 0 Å². The molecule has 6 nitrogen and oxygen atoms in total. The number of aromatic nitrogens is 1. The van der Waals surface area contributed by atoms with Crippen LogP contribution in [0.5, 0.6) is 11.5 Å². The van der Waals surface area contributed by atoms with Crippen LogP contribution in [-0.2, 0) is 7.05 Å². The van der Waals surface area contributed by atoms with Crippen LogP contribution in [0.25, 0.3) is 11.3 Å². The van der Waals surface area contributed by atoms with Crippen molar-refractivity contribution in [2.45, 2.75) is 13.3 Å². The highest BCUT2D eigenvalue weighted by molar-refractivity contribution is 5.97. The summed E-state index contributed by atoms with van der Waals surface area (Å²) in [7, 11) is 1.43. The van der Waals surface area contributed by atoms with Crippen molar-refractivity contribution in [1.82, 2.24) is 9.88 Å². The average molecular weight is 428 g/mol. The van der Waals surface area contributed by atoms with Crippen LogP contribution >= 0.6 is 0 Å². The molecular formula is C23H22F2N2O4. The molecule has 3 aromatic rings. The zero-order chi connectivity index (χ0) is 22.5. The first-order chi connectivity index (χ1) is 14.8. The van der Waals surface area contributed by atoms with Gasteiger partial charge in [-0.25, -0.2) is 8.78 Å². The molecule has 3 rings (SSSR count). The van der Waals surface area contributed by atoms with E-state index >= 15 is 0 Å². The number of nitrogens with one attached hydrogen (secondary N) is 1. The number of benzene rings is 2. The molecule has 0 aliphatic heterocycles. The van der Waals surface area contributed by atoms with E-state index in [1.165, 1.54) is 43.4 Å². The summed E-state index contributed by atoms with van der Waals surface area (Å²) in [6.07, 6.45) is 0.420. The highest BCUT2D eigenvalue weighted by atomic mass is 19.1. The number of aryl methyl sites for hydroxylation is 1. The quantitative estimate of drug-likeness (QED) is 0.564. The SMILES string of the molecule is Cc1cc(F)cc(-c2cc(C(=O)NCCCOc3cccc(F)c3)c(O)c(=O)n2C)c1. The molecule has 0 fully saturated rings. The Morgan fingerprint density at radius 2 is 1.90 bits per heavy atom. The van der Waals surface area contributed by atoms with Crippen molar-refractivity contribution >= 4 is 5.91 Å². The predicted octanol–water partition coefficient (Wildman–Crippen LogP) is 3.54. The van der Waals surface area contributed by atoms with E-state index < -0.39 is 28.9 Å². The zero-order valence-corrected chi connectivity index (χ0v) is 17.1. The van der Waals surface area contributed by atoms with Gasteiger partial charge in [-0.15, -0.1) is 0 Å². The topological polar surface area (TPSA) is 80.6 Å². The number of amides is 1. The van der Waals surface area contributed by atoms with Gasteiger partial charge in [0, 0.05) is 25.2 Å². The minimum Gasteiger partial charge on any atom is -0.502 e. The molecule has 2 N–H and O–H groups in total. The summed E-state index contributed by atoms with van der Waals surface area (Å²) in [4.78, 5) is 24.9. The van der Waals surface area contributed by atoms with Crippen molar-refractivity contribution in [3.05, 3.63) is 81.6 Å². The van der Waals surface area contributed by atoms with Crippen molar-refractivity contribution in [2.75, 3.05) is 13.2 Å². The lowest BCUT2D eigenvalue weighted by Gasteiger charge is -2.14. The third kappa shape index (κ3) is 5.28. The Morgan fingerprint density at radius 1 is 1.13 bits per heavy atom. The molecule has 1 heterocycles. The van der Waals surface area contributed by atoms with Crippen LogP contribution in [0.15, 0.2) is 53.3 Å². The summed E-state index contributed by atoms with van der Waals surface area (Å²) in [6.45, 7) is 2.15. The highest BCUT2D eigenvalue weighted by Gasteiger charge is 2.19. The fraction of sp³-hybridized carbons (Fsp3) is 0.217. The van der Waals surface area contributed by atoms with Crippen LogP contribution in [0.2, 0.25) is 0 Å². The minimum absolute atomic E-state index is 0.203. The van der Waals surface area contributed by atoms with E-state index in [9.17, 15) is 23.5 Å². The first-order valence-corrected chi connectivity index (χ1v) is 9.63. The largest absolute Gasteiger partial charge is 0.502 e. The standard InChI is InChI=1S/C23H22F2N2O4/c1-14-9-15(11-17(25)10-14)20-13-19(21(28)23(30)27(20)2)22(29)26-7-4-8-31-18-6-3-5-16(24)12-18/h3,5-6,9-13,28H,4,7-8H2,1-2H3,(H,26,29). The average Bonchev–Trinajstić information content (AvgIpc) is 2.71. The Kier molecular flexibility index (Phi) is 6.69. The number of hydrogen-bond donors (Lipinski definition) is 2. The summed E-state index contributed by atoms with van der Waals surface area (Å²) in [5, 5.41) is 12.8. The molecule has 1 amide bonds. The number of hydrogen-bond acceptors (Lipinski definition) is 4. The number of aromatic hydroxyl groups is 1. The third-order valence-corrected chi connectivity index (χ3v) is 4.66. The summed E-state index contributed by atoms with van der Waals surface area (Å²) >= 11 is 0. The molecular weight excluding hydrogens is 406 g/mol. The Balaban J connectivity index is 1.70. The maximum Gasteiger partial charge on any atom is 0.293 e. The fourth-order valence-corrected chi connectivity index (χ4v) is 3.14. The van der Waals surface area contributed by atoms with Crippen LogP contribution < -0.4 is 15.6 Å². The second-order valence-electron chi connectivity index (χ2n) is 7.09. The van der Waals surface area contributed by atoms with E-state index in [4.69, 9.17) is 4.74 Å². The molecule has 0 aliphatic rings.